The quantitative estimate of drug-likeness (QED) is 0.735. The smallest absolute Gasteiger partial charge is 0.223 e. The van der Waals surface area contributed by atoms with Gasteiger partial charge in [-0.2, -0.15) is 0 Å². The van der Waals surface area contributed by atoms with Gasteiger partial charge in [0.05, 0.1) is 12.8 Å². The van der Waals surface area contributed by atoms with Gasteiger partial charge >= 0.3 is 0 Å². The van der Waals surface area contributed by atoms with E-state index in [1.165, 1.54) is 25.3 Å². The van der Waals surface area contributed by atoms with Crippen LogP contribution in [0.1, 0.15) is 45.4 Å². The number of rotatable bonds is 8. The second-order valence-electron chi connectivity index (χ2n) is 6.30. The molecule has 0 saturated carbocycles. The Morgan fingerprint density at radius 3 is 2.72 bits per heavy atom. The second kappa shape index (κ2) is 9.87. The van der Waals surface area contributed by atoms with Gasteiger partial charge in [0.25, 0.3) is 0 Å². The number of anilines is 1. The van der Waals surface area contributed by atoms with E-state index in [0.717, 1.165) is 19.3 Å². The Balaban J connectivity index is 1.83. The van der Waals surface area contributed by atoms with E-state index in [9.17, 15) is 9.59 Å². The number of carbonyl (C=O) groups is 2. The maximum absolute atomic E-state index is 12.1. The standard InChI is InChI=1S/C20H28N2O3/c1-16(23)22(18-10-6-7-11-19(18)25-2)15-13-20(24)21-14-12-17-8-4-3-5-9-17/h6-8,10-11H,3-5,9,12-15H2,1-2H3,(H,21,24). The van der Waals surface area contributed by atoms with Crippen molar-refractivity contribution in [2.24, 2.45) is 0 Å². The fourth-order valence-electron chi connectivity index (χ4n) is 3.10. The molecule has 0 atom stereocenters. The van der Waals surface area contributed by atoms with Crippen LogP contribution >= 0.6 is 0 Å². The molecule has 5 heteroatoms. The van der Waals surface area contributed by atoms with E-state index >= 15 is 0 Å². The predicted molar refractivity (Wildman–Crippen MR) is 99.8 cm³/mol. The molecule has 1 aromatic rings. The Morgan fingerprint density at radius 1 is 1.24 bits per heavy atom. The summed E-state index contributed by atoms with van der Waals surface area (Å²) in [5, 5.41) is 2.96. The van der Waals surface area contributed by atoms with Crippen molar-refractivity contribution < 1.29 is 14.3 Å². The monoisotopic (exact) mass is 344 g/mol. The van der Waals surface area contributed by atoms with Gasteiger partial charge in [-0.15, -0.1) is 0 Å². The van der Waals surface area contributed by atoms with Crippen molar-refractivity contribution in [3.63, 3.8) is 0 Å². The number of hydrogen-bond donors (Lipinski definition) is 1. The van der Waals surface area contributed by atoms with Crippen LogP contribution in [-0.2, 0) is 9.59 Å². The Morgan fingerprint density at radius 2 is 2.04 bits per heavy atom. The molecule has 0 bridgehead atoms. The maximum Gasteiger partial charge on any atom is 0.223 e. The molecule has 0 spiro atoms. The molecule has 1 aliphatic carbocycles. The van der Waals surface area contributed by atoms with Gasteiger partial charge in [-0.3, -0.25) is 9.59 Å². The lowest BCUT2D eigenvalue weighted by Crippen LogP contribution is -2.34. The fraction of sp³-hybridized carbons (Fsp3) is 0.500. The third-order valence-electron chi connectivity index (χ3n) is 4.47. The first-order chi connectivity index (χ1) is 12.1. The van der Waals surface area contributed by atoms with E-state index in [1.807, 2.05) is 24.3 Å². The summed E-state index contributed by atoms with van der Waals surface area (Å²) in [5.74, 6) is 0.490. The normalized spacial score (nSPS) is 13.8. The minimum Gasteiger partial charge on any atom is -0.495 e. The van der Waals surface area contributed by atoms with Gasteiger partial charge in [-0.1, -0.05) is 23.8 Å². The summed E-state index contributed by atoms with van der Waals surface area (Å²) in [6.45, 7) is 2.50. The van der Waals surface area contributed by atoms with Crippen LogP contribution < -0.4 is 15.0 Å². The van der Waals surface area contributed by atoms with Crippen LogP contribution in [0.3, 0.4) is 0 Å². The van der Waals surface area contributed by atoms with Crippen LogP contribution in [0, 0.1) is 0 Å². The van der Waals surface area contributed by atoms with Gasteiger partial charge in [0, 0.05) is 26.4 Å². The van der Waals surface area contributed by atoms with E-state index in [2.05, 4.69) is 11.4 Å². The Kier molecular flexibility index (Phi) is 7.51. The molecule has 1 aromatic carbocycles. The number of amides is 2. The van der Waals surface area contributed by atoms with Gasteiger partial charge in [0.1, 0.15) is 5.75 Å². The highest BCUT2D eigenvalue weighted by atomic mass is 16.5. The number of carbonyl (C=O) groups excluding carboxylic acids is 2. The summed E-state index contributed by atoms with van der Waals surface area (Å²) >= 11 is 0. The largest absolute Gasteiger partial charge is 0.495 e. The van der Waals surface area contributed by atoms with Gasteiger partial charge in [-0.05, 0) is 44.2 Å². The van der Waals surface area contributed by atoms with Crippen molar-refractivity contribution in [1.29, 1.82) is 0 Å². The first-order valence-corrected chi connectivity index (χ1v) is 8.97. The van der Waals surface area contributed by atoms with Crippen LogP contribution in [0.4, 0.5) is 5.69 Å². The number of nitrogens with one attached hydrogen (secondary N) is 1. The van der Waals surface area contributed by atoms with Crippen LogP contribution in [-0.4, -0.2) is 32.0 Å². The van der Waals surface area contributed by atoms with Gasteiger partial charge < -0.3 is 15.0 Å². The number of nitrogens with zero attached hydrogens (tertiary/aromatic N) is 1. The minimum atomic E-state index is -0.107. The molecule has 136 valence electrons. The Hall–Kier alpha value is -2.30. The zero-order chi connectivity index (χ0) is 18.1. The molecule has 0 aromatic heterocycles. The summed E-state index contributed by atoms with van der Waals surface area (Å²) in [7, 11) is 1.57. The van der Waals surface area contributed by atoms with Crippen molar-refractivity contribution in [1.82, 2.24) is 5.32 Å². The number of methoxy groups -OCH3 is 1. The average molecular weight is 344 g/mol. The molecule has 1 aliphatic rings. The highest BCUT2D eigenvalue weighted by Crippen LogP contribution is 2.27. The zero-order valence-electron chi connectivity index (χ0n) is 15.2. The SMILES string of the molecule is COc1ccccc1N(CCC(=O)NCCC1=CCCCC1)C(C)=O. The highest BCUT2D eigenvalue weighted by molar-refractivity contribution is 5.93. The number of benzene rings is 1. The number of allylic oxidation sites excluding steroid dienone is 1. The summed E-state index contributed by atoms with van der Waals surface area (Å²) in [6, 6.07) is 7.34. The van der Waals surface area contributed by atoms with Crippen LogP contribution in [0.15, 0.2) is 35.9 Å². The summed E-state index contributed by atoms with van der Waals surface area (Å²) in [6.07, 6.45) is 8.35. The van der Waals surface area contributed by atoms with E-state index in [4.69, 9.17) is 4.74 Å². The van der Waals surface area contributed by atoms with Gasteiger partial charge in [0.2, 0.25) is 11.8 Å². The van der Waals surface area contributed by atoms with Crippen LogP contribution in [0.2, 0.25) is 0 Å². The molecular weight excluding hydrogens is 316 g/mol. The lowest BCUT2D eigenvalue weighted by atomic mass is 9.97. The van der Waals surface area contributed by atoms with E-state index < -0.39 is 0 Å². The molecule has 0 unspecified atom stereocenters. The van der Waals surface area contributed by atoms with E-state index in [0.29, 0.717) is 24.5 Å². The van der Waals surface area contributed by atoms with Crippen molar-refractivity contribution in [2.75, 3.05) is 25.1 Å². The Labute approximate surface area is 150 Å². The molecule has 5 nitrogen and oxygen atoms in total. The molecule has 0 radical (unpaired) electrons. The van der Waals surface area contributed by atoms with E-state index in [1.54, 1.807) is 12.0 Å². The molecule has 0 fully saturated rings. The third kappa shape index (κ3) is 5.93. The van der Waals surface area contributed by atoms with Gasteiger partial charge in [-0.25, -0.2) is 0 Å². The predicted octanol–water partition coefficient (Wildman–Crippen LogP) is 3.44. The molecule has 2 amide bonds. The summed E-state index contributed by atoms with van der Waals surface area (Å²) in [4.78, 5) is 25.7. The topological polar surface area (TPSA) is 58.6 Å². The number of hydrogen-bond acceptors (Lipinski definition) is 3. The number of para-hydroxylation sites is 2. The van der Waals surface area contributed by atoms with Crippen LogP contribution in [0.25, 0.3) is 0 Å². The molecular formula is C20H28N2O3. The zero-order valence-corrected chi connectivity index (χ0v) is 15.2. The van der Waals surface area contributed by atoms with Gasteiger partial charge in [0.15, 0.2) is 0 Å². The molecule has 0 heterocycles. The Bertz CT molecular complexity index is 625. The van der Waals surface area contributed by atoms with Crippen LogP contribution in [0.5, 0.6) is 5.75 Å². The second-order valence-corrected chi connectivity index (χ2v) is 6.30. The molecule has 0 aliphatic heterocycles. The lowest BCUT2D eigenvalue weighted by molar-refractivity contribution is -0.121. The van der Waals surface area contributed by atoms with Crippen molar-refractivity contribution in [3.05, 3.63) is 35.9 Å². The lowest BCUT2D eigenvalue weighted by Gasteiger charge is -2.23. The van der Waals surface area contributed by atoms with Crippen molar-refractivity contribution in [3.8, 4) is 5.75 Å². The van der Waals surface area contributed by atoms with E-state index in [-0.39, 0.29) is 18.2 Å². The minimum absolute atomic E-state index is 0.0300. The summed E-state index contributed by atoms with van der Waals surface area (Å²) < 4.78 is 5.31. The average Bonchev–Trinajstić information content (AvgIpc) is 2.63. The number of ether oxygens (including phenoxy) is 1. The molecule has 1 N–H and O–H groups in total. The van der Waals surface area contributed by atoms with Crippen molar-refractivity contribution >= 4 is 17.5 Å². The highest BCUT2D eigenvalue weighted by Gasteiger charge is 2.17. The third-order valence-corrected chi connectivity index (χ3v) is 4.47. The summed E-state index contributed by atoms with van der Waals surface area (Å²) in [5.41, 5.74) is 2.14. The first-order valence-electron chi connectivity index (χ1n) is 8.97. The molecule has 0 saturated heterocycles. The maximum atomic E-state index is 12.1. The fourth-order valence-corrected chi connectivity index (χ4v) is 3.10. The first kappa shape index (κ1) is 19.0. The molecule has 2 rings (SSSR count). The molecule has 25 heavy (non-hydrogen) atoms. The van der Waals surface area contributed by atoms with Crippen molar-refractivity contribution in [2.45, 2.75) is 45.4 Å².